The molecule has 2 aromatic carbocycles. The topological polar surface area (TPSA) is 3.24 Å². The van der Waals surface area contributed by atoms with Gasteiger partial charge in [-0.25, -0.2) is 0 Å². The van der Waals surface area contributed by atoms with Crippen LogP contribution in [0.3, 0.4) is 0 Å². The first-order valence-electron chi connectivity index (χ1n) is 9.10. The highest BCUT2D eigenvalue weighted by molar-refractivity contribution is 5.63. The van der Waals surface area contributed by atoms with Crippen LogP contribution in [0.2, 0.25) is 0 Å². The molecule has 0 saturated carbocycles. The SMILES string of the molecule is CC1CCCN(CCC(C)c2ccc(-c3ccccc3)cc2)C1. The predicted octanol–water partition coefficient (Wildman–Crippen LogP) is 5.58. The maximum absolute atomic E-state index is 2.66. The molecular formula is C22H29N. The maximum atomic E-state index is 2.66. The van der Waals surface area contributed by atoms with Crippen LogP contribution in [-0.2, 0) is 0 Å². The van der Waals surface area contributed by atoms with E-state index in [-0.39, 0.29) is 0 Å². The Morgan fingerprint density at radius 2 is 1.70 bits per heavy atom. The summed E-state index contributed by atoms with van der Waals surface area (Å²) in [4.78, 5) is 2.66. The number of hydrogen-bond donors (Lipinski definition) is 0. The molecule has 1 heterocycles. The molecular weight excluding hydrogens is 278 g/mol. The first-order valence-corrected chi connectivity index (χ1v) is 9.10. The summed E-state index contributed by atoms with van der Waals surface area (Å²) < 4.78 is 0. The Labute approximate surface area is 141 Å². The lowest BCUT2D eigenvalue weighted by atomic mass is 9.94. The Bertz CT molecular complexity index is 587. The van der Waals surface area contributed by atoms with Crippen LogP contribution in [0.1, 0.15) is 44.6 Å². The monoisotopic (exact) mass is 307 g/mol. The summed E-state index contributed by atoms with van der Waals surface area (Å²) in [7, 11) is 0. The zero-order valence-corrected chi connectivity index (χ0v) is 14.5. The zero-order valence-electron chi connectivity index (χ0n) is 14.5. The maximum Gasteiger partial charge on any atom is 0.000703 e. The molecule has 0 aliphatic carbocycles. The average molecular weight is 307 g/mol. The van der Waals surface area contributed by atoms with Gasteiger partial charge in [0.15, 0.2) is 0 Å². The van der Waals surface area contributed by atoms with E-state index in [4.69, 9.17) is 0 Å². The molecule has 0 radical (unpaired) electrons. The molecule has 1 nitrogen and oxygen atoms in total. The number of hydrogen-bond acceptors (Lipinski definition) is 1. The number of likely N-dealkylation sites (tertiary alicyclic amines) is 1. The molecule has 0 spiro atoms. The fraction of sp³-hybridized carbons (Fsp3) is 0.455. The molecule has 1 aliphatic heterocycles. The van der Waals surface area contributed by atoms with E-state index in [9.17, 15) is 0 Å². The van der Waals surface area contributed by atoms with Gasteiger partial charge >= 0.3 is 0 Å². The van der Waals surface area contributed by atoms with E-state index in [1.807, 2.05) is 0 Å². The molecule has 2 aromatic rings. The molecule has 0 aromatic heterocycles. The number of piperidine rings is 1. The van der Waals surface area contributed by atoms with Crippen molar-refractivity contribution in [1.29, 1.82) is 0 Å². The molecule has 2 unspecified atom stereocenters. The van der Waals surface area contributed by atoms with Crippen molar-refractivity contribution in [2.45, 2.75) is 39.0 Å². The van der Waals surface area contributed by atoms with E-state index < -0.39 is 0 Å². The second-order valence-corrected chi connectivity index (χ2v) is 7.23. The van der Waals surface area contributed by atoms with Gasteiger partial charge in [0, 0.05) is 6.54 Å². The summed E-state index contributed by atoms with van der Waals surface area (Å²) in [6.45, 7) is 8.58. The number of nitrogens with zero attached hydrogens (tertiary/aromatic N) is 1. The fourth-order valence-electron chi connectivity index (χ4n) is 3.67. The summed E-state index contributed by atoms with van der Waals surface area (Å²) in [5.74, 6) is 1.52. The third-order valence-corrected chi connectivity index (χ3v) is 5.21. The molecule has 0 N–H and O–H groups in total. The lowest BCUT2D eigenvalue weighted by Crippen LogP contribution is -2.35. The molecule has 23 heavy (non-hydrogen) atoms. The summed E-state index contributed by atoms with van der Waals surface area (Å²) in [6, 6.07) is 19.8. The summed E-state index contributed by atoms with van der Waals surface area (Å²) in [6.07, 6.45) is 4.05. The Balaban J connectivity index is 1.56. The molecule has 0 amide bonds. The normalized spacial score (nSPS) is 20.3. The Morgan fingerprint density at radius 3 is 2.39 bits per heavy atom. The number of rotatable bonds is 5. The van der Waals surface area contributed by atoms with Gasteiger partial charge < -0.3 is 4.90 Å². The van der Waals surface area contributed by atoms with E-state index in [2.05, 4.69) is 73.3 Å². The first kappa shape index (κ1) is 16.3. The van der Waals surface area contributed by atoms with Crippen LogP contribution in [-0.4, -0.2) is 24.5 Å². The van der Waals surface area contributed by atoms with Crippen LogP contribution >= 0.6 is 0 Å². The van der Waals surface area contributed by atoms with Gasteiger partial charge in [-0.15, -0.1) is 0 Å². The third kappa shape index (κ3) is 4.45. The average Bonchev–Trinajstić information content (AvgIpc) is 2.61. The second-order valence-electron chi connectivity index (χ2n) is 7.23. The zero-order chi connectivity index (χ0) is 16.1. The fourth-order valence-corrected chi connectivity index (χ4v) is 3.67. The number of benzene rings is 2. The lowest BCUT2D eigenvalue weighted by Gasteiger charge is -2.31. The molecule has 3 rings (SSSR count). The summed E-state index contributed by atoms with van der Waals surface area (Å²) >= 11 is 0. The van der Waals surface area contributed by atoms with Crippen LogP contribution in [0.4, 0.5) is 0 Å². The Kier molecular flexibility index (Phi) is 5.51. The molecule has 2 atom stereocenters. The largest absolute Gasteiger partial charge is 0.303 e. The van der Waals surface area contributed by atoms with E-state index in [0.29, 0.717) is 5.92 Å². The summed E-state index contributed by atoms with van der Waals surface area (Å²) in [5.41, 5.74) is 4.08. The van der Waals surface area contributed by atoms with Crippen LogP contribution in [0.5, 0.6) is 0 Å². The molecule has 1 saturated heterocycles. The highest BCUT2D eigenvalue weighted by atomic mass is 15.1. The van der Waals surface area contributed by atoms with Crippen LogP contribution in [0, 0.1) is 5.92 Å². The van der Waals surface area contributed by atoms with Crippen LogP contribution < -0.4 is 0 Å². The van der Waals surface area contributed by atoms with E-state index in [0.717, 1.165) is 5.92 Å². The molecule has 0 bridgehead atoms. The van der Waals surface area contributed by atoms with Gasteiger partial charge in [-0.05, 0) is 60.9 Å². The second kappa shape index (κ2) is 7.79. The minimum Gasteiger partial charge on any atom is -0.303 e. The van der Waals surface area contributed by atoms with Gasteiger partial charge in [-0.2, -0.15) is 0 Å². The Hall–Kier alpha value is -1.60. The Morgan fingerprint density at radius 1 is 1.00 bits per heavy atom. The highest BCUT2D eigenvalue weighted by Crippen LogP contribution is 2.25. The van der Waals surface area contributed by atoms with E-state index >= 15 is 0 Å². The molecule has 1 heteroatoms. The van der Waals surface area contributed by atoms with Crippen molar-refractivity contribution >= 4 is 0 Å². The van der Waals surface area contributed by atoms with Crippen molar-refractivity contribution in [3.05, 3.63) is 60.2 Å². The minimum absolute atomic E-state index is 0.636. The van der Waals surface area contributed by atoms with Crippen molar-refractivity contribution in [3.63, 3.8) is 0 Å². The quantitative estimate of drug-likeness (QED) is 0.697. The van der Waals surface area contributed by atoms with Crippen molar-refractivity contribution in [2.24, 2.45) is 5.92 Å². The van der Waals surface area contributed by atoms with E-state index in [1.54, 1.807) is 0 Å². The van der Waals surface area contributed by atoms with Crippen molar-refractivity contribution < 1.29 is 0 Å². The van der Waals surface area contributed by atoms with Gasteiger partial charge in [0.25, 0.3) is 0 Å². The van der Waals surface area contributed by atoms with Crippen LogP contribution in [0.25, 0.3) is 11.1 Å². The van der Waals surface area contributed by atoms with E-state index in [1.165, 1.54) is 55.6 Å². The predicted molar refractivity (Wildman–Crippen MR) is 99.7 cm³/mol. The van der Waals surface area contributed by atoms with Crippen molar-refractivity contribution in [3.8, 4) is 11.1 Å². The summed E-state index contributed by atoms with van der Waals surface area (Å²) in [5, 5.41) is 0. The lowest BCUT2D eigenvalue weighted by molar-refractivity contribution is 0.179. The smallest absolute Gasteiger partial charge is 0.000703 e. The molecule has 1 fully saturated rings. The highest BCUT2D eigenvalue weighted by Gasteiger charge is 2.17. The van der Waals surface area contributed by atoms with Gasteiger partial charge in [0.05, 0.1) is 0 Å². The van der Waals surface area contributed by atoms with Crippen molar-refractivity contribution in [2.75, 3.05) is 19.6 Å². The molecule has 1 aliphatic rings. The van der Waals surface area contributed by atoms with Gasteiger partial charge in [0.2, 0.25) is 0 Å². The minimum atomic E-state index is 0.636. The van der Waals surface area contributed by atoms with Crippen molar-refractivity contribution in [1.82, 2.24) is 4.90 Å². The van der Waals surface area contributed by atoms with Gasteiger partial charge in [0.1, 0.15) is 0 Å². The third-order valence-electron chi connectivity index (χ3n) is 5.21. The van der Waals surface area contributed by atoms with Gasteiger partial charge in [-0.3, -0.25) is 0 Å². The standard InChI is InChI=1S/C22H29N/c1-18-7-6-15-23(17-18)16-14-19(2)20-10-12-22(13-11-20)21-8-4-3-5-9-21/h3-5,8-13,18-19H,6-7,14-17H2,1-2H3. The molecule has 122 valence electrons. The first-order chi connectivity index (χ1) is 11.2. The van der Waals surface area contributed by atoms with Gasteiger partial charge in [-0.1, -0.05) is 68.4 Å². The van der Waals surface area contributed by atoms with Crippen LogP contribution in [0.15, 0.2) is 54.6 Å².